The molecule has 5 nitrogen and oxygen atoms in total. The number of hydrazone groups is 1. The lowest BCUT2D eigenvalue weighted by Gasteiger charge is -2.03. The fourth-order valence-corrected chi connectivity index (χ4v) is 2.78. The van der Waals surface area contributed by atoms with E-state index in [2.05, 4.69) is 15.5 Å². The summed E-state index contributed by atoms with van der Waals surface area (Å²) in [5, 5.41) is 7.38. The van der Waals surface area contributed by atoms with Gasteiger partial charge in [0.25, 0.3) is 0 Å². The zero-order valence-corrected chi connectivity index (χ0v) is 14.8. The van der Waals surface area contributed by atoms with Gasteiger partial charge >= 0.3 is 5.97 Å². The molecule has 0 aliphatic heterocycles. The van der Waals surface area contributed by atoms with Crippen molar-refractivity contribution in [3.8, 4) is 0 Å². The topological polar surface area (TPSA) is 63.6 Å². The number of halogens is 1. The number of aryl methyl sites for hydroxylation is 2. The van der Waals surface area contributed by atoms with Crippen molar-refractivity contribution < 1.29 is 9.53 Å². The number of thiazole rings is 1. The number of anilines is 1. The van der Waals surface area contributed by atoms with Gasteiger partial charge in [-0.15, -0.1) is 11.3 Å². The Bertz CT molecular complexity index is 705. The van der Waals surface area contributed by atoms with Crippen LogP contribution in [0, 0.1) is 13.8 Å². The van der Waals surface area contributed by atoms with Crippen LogP contribution >= 0.6 is 22.9 Å². The number of rotatable bonds is 6. The highest BCUT2D eigenvalue weighted by atomic mass is 35.5. The molecule has 0 saturated heterocycles. The Morgan fingerprint density at radius 2 is 2.13 bits per heavy atom. The number of nitrogens with one attached hydrogen (secondary N) is 1. The predicted molar refractivity (Wildman–Crippen MR) is 94.6 cm³/mol. The molecule has 122 valence electrons. The van der Waals surface area contributed by atoms with Crippen molar-refractivity contribution in [1.29, 1.82) is 0 Å². The highest BCUT2D eigenvalue weighted by Crippen LogP contribution is 2.21. The molecule has 0 amide bonds. The number of benzene rings is 1. The van der Waals surface area contributed by atoms with Gasteiger partial charge in [-0.2, -0.15) is 5.10 Å². The van der Waals surface area contributed by atoms with Gasteiger partial charge in [-0.1, -0.05) is 11.6 Å². The smallest absolute Gasteiger partial charge is 0.311 e. The van der Waals surface area contributed by atoms with Gasteiger partial charge in [-0.25, -0.2) is 4.98 Å². The van der Waals surface area contributed by atoms with Crippen LogP contribution in [-0.4, -0.2) is 23.8 Å². The molecule has 0 atom stereocenters. The van der Waals surface area contributed by atoms with Gasteiger partial charge in [-0.3, -0.25) is 10.2 Å². The largest absolute Gasteiger partial charge is 0.466 e. The fraction of sp³-hybridized carbons (Fsp3) is 0.312. The zero-order valence-electron chi connectivity index (χ0n) is 13.2. The van der Waals surface area contributed by atoms with Gasteiger partial charge in [-0.05, 0) is 49.6 Å². The van der Waals surface area contributed by atoms with E-state index in [1.54, 1.807) is 13.1 Å². The summed E-state index contributed by atoms with van der Waals surface area (Å²) in [6.07, 6.45) is 1.88. The molecule has 2 rings (SSSR count). The van der Waals surface area contributed by atoms with Gasteiger partial charge < -0.3 is 4.74 Å². The SMILES string of the molecule is CCOC(=O)Cc1csc(NN=Cc2cc(C)c(Cl)c(C)c2)n1. The summed E-state index contributed by atoms with van der Waals surface area (Å²) in [5.41, 5.74) is 6.52. The number of carbonyl (C=O) groups excluding carboxylic acids is 1. The van der Waals surface area contributed by atoms with E-state index in [0.717, 1.165) is 21.7 Å². The number of ether oxygens (including phenoxy) is 1. The molecule has 0 aliphatic carbocycles. The Balaban J connectivity index is 1.96. The zero-order chi connectivity index (χ0) is 16.8. The molecule has 0 aliphatic rings. The lowest BCUT2D eigenvalue weighted by atomic mass is 10.1. The molecule has 1 heterocycles. The lowest BCUT2D eigenvalue weighted by molar-refractivity contribution is -0.142. The van der Waals surface area contributed by atoms with E-state index in [0.29, 0.717) is 17.4 Å². The fourth-order valence-electron chi connectivity index (χ4n) is 2.02. The van der Waals surface area contributed by atoms with Crippen LogP contribution in [0.1, 0.15) is 29.3 Å². The average Bonchev–Trinajstić information content (AvgIpc) is 2.92. The molecule has 0 bridgehead atoms. The van der Waals surface area contributed by atoms with Crippen molar-refractivity contribution in [3.05, 3.63) is 44.9 Å². The first-order valence-electron chi connectivity index (χ1n) is 7.15. The highest BCUT2D eigenvalue weighted by Gasteiger charge is 2.08. The molecule has 0 radical (unpaired) electrons. The number of carbonyl (C=O) groups is 1. The normalized spacial score (nSPS) is 11.0. The minimum absolute atomic E-state index is 0.172. The van der Waals surface area contributed by atoms with Crippen LogP contribution < -0.4 is 5.43 Å². The maximum Gasteiger partial charge on any atom is 0.311 e. The van der Waals surface area contributed by atoms with Crippen LogP contribution in [0.25, 0.3) is 0 Å². The Morgan fingerprint density at radius 3 is 2.78 bits per heavy atom. The van der Waals surface area contributed by atoms with E-state index in [-0.39, 0.29) is 12.4 Å². The van der Waals surface area contributed by atoms with E-state index in [9.17, 15) is 4.79 Å². The number of nitrogens with zero attached hydrogens (tertiary/aromatic N) is 2. The molecule has 1 aromatic carbocycles. The molecule has 23 heavy (non-hydrogen) atoms. The van der Waals surface area contributed by atoms with Crippen LogP contribution in [0.5, 0.6) is 0 Å². The van der Waals surface area contributed by atoms with Crippen LogP contribution in [-0.2, 0) is 16.0 Å². The minimum atomic E-state index is -0.278. The van der Waals surface area contributed by atoms with Crippen molar-refractivity contribution in [2.24, 2.45) is 5.10 Å². The van der Waals surface area contributed by atoms with Crippen molar-refractivity contribution in [2.75, 3.05) is 12.0 Å². The van der Waals surface area contributed by atoms with Crippen LogP contribution in [0.3, 0.4) is 0 Å². The second-order valence-electron chi connectivity index (χ2n) is 4.96. The van der Waals surface area contributed by atoms with Crippen molar-refractivity contribution >= 4 is 40.3 Å². The van der Waals surface area contributed by atoms with E-state index >= 15 is 0 Å². The predicted octanol–water partition coefficient (Wildman–Crippen LogP) is 3.96. The first-order valence-corrected chi connectivity index (χ1v) is 8.41. The molecule has 2 aromatic rings. The molecule has 0 saturated carbocycles. The van der Waals surface area contributed by atoms with Crippen LogP contribution in [0.4, 0.5) is 5.13 Å². The maximum atomic E-state index is 11.4. The number of aromatic nitrogens is 1. The summed E-state index contributed by atoms with van der Waals surface area (Å²) in [6, 6.07) is 3.93. The second kappa shape index (κ2) is 8.08. The molecular weight excluding hydrogens is 334 g/mol. The standard InChI is InChI=1S/C16H18ClN3O2S/c1-4-22-14(21)7-13-9-23-16(19-13)20-18-8-12-5-10(2)15(17)11(3)6-12/h5-6,8-9H,4,7H2,1-3H3,(H,19,20). The third-order valence-electron chi connectivity index (χ3n) is 3.02. The first kappa shape index (κ1) is 17.4. The first-order chi connectivity index (χ1) is 11.0. The highest BCUT2D eigenvalue weighted by molar-refractivity contribution is 7.13. The third-order valence-corrected chi connectivity index (χ3v) is 4.41. The van der Waals surface area contributed by atoms with Gasteiger partial charge in [0.2, 0.25) is 5.13 Å². The Labute approximate surface area is 144 Å². The van der Waals surface area contributed by atoms with Gasteiger partial charge in [0.1, 0.15) is 0 Å². The lowest BCUT2D eigenvalue weighted by Crippen LogP contribution is -2.07. The molecule has 7 heteroatoms. The van der Waals surface area contributed by atoms with Crippen LogP contribution in [0.2, 0.25) is 5.02 Å². The molecule has 0 spiro atoms. The van der Waals surface area contributed by atoms with Crippen molar-refractivity contribution in [1.82, 2.24) is 4.98 Å². The Kier molecular flexibility index (Phi) is 6.12. The number of esters is 1. The Hall–Kier alpha value is -1.92. The summed E-state index contributed by atoms with van der Waals surface area (Å²) in [5.74, 6) is -0.278. The van der Waals surface area contributed by atoms with E-state index < -0.39 is 0 Å². The third kappa shape index (κ3) is 5.04. The van der Waals surface area contributed by atoms with E-state index in [1.165, 1.54) is 11.3 Å². The summed E-state index contributed by atoms with van der Waals surface area (Å²) in [6.45, 7) is 6.07. The summed E-state index contributed by atoms with van der Waals surface area (Å²) in [4.78, 5) is 15.7. The molecule has 1 aromatic heterocycles. The molecular formula is C16H18ClN3O2S. The molecule has 1 N–H and O–H groups in total. The van der Waals surface area contributed by atoms with Crippen molar-refractivity contribution in [3.63, 3.8) is 0 Å². The number of hydrogen-bond acceptors (Lipinski definition) is 6. The van der Waals surface area contributed by atoms with Crippen LogP contribution in [0.15, 0.2) is 22.6 Å². The summed E-state index contributed by atoms with van der Waals surface area (Å²) in [7, 11) is 0. The van der Waals surface area contributed by atoms with Gasteiger partial charge in [0.15, 0.2) is 0 Å². The minimum Gasteiger partial charge on any atom is -0.466 e. The summed E-state index contributed by atoms with van der Waals surface area (Å²) >= 11 is 7.53. The van der Waals surface area contributed by atoms with Gasteiger partial charge in [0.05, 0.1) is 24.9 Å². The van der Waals surface area contributed by atoms with E-state index in [1.807, 2.05) is 31.4 Å². The average molecular weight is 352 g/mol. The van der Waals surface area contributed by atoms with Crippen molar-refractivity contribution in [2.45, 2.75) is 27.2 Å². The quantitative estimate of drug-likeness (QED) is 0.486. The molecule has 0 unspecified atom stereocenters. The second-order valence-corrected chi connectivity index (χ2v) is 6.20. The Morgan fingerprint density at radius 1 is 1.43 bits per heavy atom. The molecule has 0 fully saturated rings. The van der Waals surface area contributed by atoms with Gasteiger partial charge in [0, 0.05) is 10.4 Å². The monoisotopic (exact) mass is 351 g/mol. The van der Waals surface area contributed by atoms with E-state index in [4.69, 9.17) is 16.3 Å². The maximum absolute atomic E-state index is 11.4. The summed E-state index contributed by atoms with van der Waals surface area (Å²) < 4.78 is 4.89. The number of hydrogen-bond donors (Lipinski definition) is 1.